The number of hydrogen-bond acceptors (Lipinski definition) is 6. The van der Waals surface area contributed by atoms with Crippen LogP contribution in [-0.2, 0) is 23.9 Å². The van der Waals surface area contributed by atoms with Crippen molar-refractivity contribution in [3.05, 3.63) is 59.1 Å². The van der Waals surface area contributed by atoms with Gasteiger partial charge in [0.2, 0.25) is 5.91 Å². The van der Waals surface area contributed by atoms with Crippen LogP contribution in [0.25, 0.3) is 0 Å². The minimum absolute atomic E-state index is 0.000400. The van der Waals surface area contributed by atoms with Gasteiger partial charge in [-0.2, -0.15) is 0 Å². The largest absolute Gasteiger partial charge is 0.462 e. The van der Waals surface area contributed by atoms with E-state index in [1.54, 1.807) is 48.5 Å². The van der Waals surface area contributed by atoms with Crippen LogP contribution in [0.5, 0.6) is 0 Å². The third kappa shape index (κ3) is 10.2. The van der Waals surface area contributed by atoms with E-state index in [0.717, 1.165) is 12.8 Å². The molecular weight excluding hydrogens is 448 g/mol. The monoisotopic (exact) mass is 474 g/mol. The van der Waals surface area contributed by atoms with E-state index in [1.807, 2.05) is 6.92 Å². The van der Waals surface area contributed by atoms with Gasteiger partial charge in [0.25, 0.3) is 5.91 Å². The number of anilines is 2. The molecule has 0 aromatic heterocycles. The number of rotatable bonds is 12. The Bertz CT molecular complexity index is 962. The summed E-state index contributed by atoms with van der Waals surface area (Å²) < 4.78 is 10.1. The maximum Gasteiger partial charge on any atom is 0.338 e. The molecule has 0 spiro atoms. The Morgan fingerprint density at radius 2 is 1.58 bits per heavy atom. The fourth-order valence-electron chi connectivity index (χ4n) is 2.68. The van der Waals surface area contributed by atoms with Crippen molar-refractivity contribution in [2.24, 2.45) is 0 Å². The number of ether oxygens (including phenoxy) is 2. The Morgan fingerprint density at radius 1 is 0.848 bits per heavy atom. The molecule has 0 heterocycles. The number of halogens is 1. The van der Waals surface area contributed by atoms with E-state index in [2.05, 4.69) is 10.6 Å². The summed E-state index contributed by atoms with van der Waals surface area (Å²) in [7, 11) is 0. The zero-order valence-corrected chi connectivity index (χ0v) is 19.2. The van der Waals surface area contributed by atoms with Crippen LogP contribution in [0, 0.1) is 0 Å². The average molecular weight is 475 g/mol. The predicted octanol–water partition coefficient (Wildman–Crippen LogP) is 4.59. The molecule has 0 bridgehead atoms. The minimum atomic E-state index is -0.574. The molecule has 0 saturated carbocycles. The van der Waals surface area contributed by atoms with Crippen LogP contribution < -0.4 is 10.6 Å². The van der Waals surface area contributed by atoms with E-state index < -0.39 is 24.5 Å². The molecule has 2 aromatic rings. The first-order chi connectivity index (χ1) is 15.9. The lowest BCUT2D eigenvalue weighted by atomic mass is 10.2. The fourth-order valence-corrected chi connectivity index (χ4v) is 2.87. The summed E-state index contributed by atoms with van der Waals surface area (Å²) in [4.78, 5) is 47.5. The molecule has 0 unspecified atom stereocenters. The second-order valence-corrected chi connectivity index (χ2v) is 7.62. The van der Waals surface area contributed by atoms with Crippen molar-refractivity contribution >= 4 is 46.7 Å². The predicted molar refractivity (Wildman–Crippen MR) is 125 cm³/mol. The van der Waals surface area contributed by atoms with E-state index in [9.17, 15) is 19.2 Å². The number of hydrogen-bond donors (Lipinski definition) is 2. The number of carbonyl (C=O) groups excluding carboxylic acids is 4. The molecule has 0 aliphatic rings. The molecule has 0 fully saturated rings. The lowest BCUT2D eigenvalue weighted by Gasteiger charge is -2.08. The first-order valence-corrected chi connectivity index (χ1v) is 11.0. The molecular formula is C24H27ClN2O6. The minimum Gasteiger partial charge on any atom is -0.462 e. The number of nitrogens with one attached hydrogen (secondary N) is 2. The van der Waals surface area contributed by atoms with Crippen LogP contribution in [-0.4, -0.2) is 37.0 Å². The molecule has 2 aromatic carbocycles. The van der Waals surface area contributed by atoms with Crippen molar-refractivity contribution in [2.75, 3.05) is 23.8 Å². The Balaban J connectivity index is 1.63. The number of unbranched alkanes of at least 4 members (excludes halogenated alkanes) is 1. The molecule has 176 valence electrons. The summed E-state index contributed by atoms with van der Waals surface area (Å²) in [5.41, 5.74) is 1.44. The highest BCUT2D eigenvalue weighted by Crippen LogP contribution is 2.15. The first kappa shape index (κ1) is 25.9. The summed E-state index contributed by atoms with van der Waals surface area (Å²) in [6, 6.07) is 13.0. The van der Waals surface area contributed by atoms with Crippen LogP contribution in [0.3, 0.4) is 0 Å². The summed E-state index contributed by atoms with van der Waals surface area (Å²) in [6.45, 7) is 1.96. The highest BCUT2D eigenvalue weighted by molar-refractivity contribution is 6.30. The van der Waals surface area contributed by atoms with E-state index in [-0.39, 0.29) is 25.2 Å². The SMILES string of the molecule is CCCCOC(=O)c1ccc(NC(=O)CCCC(=O)OCC(=O)Nc2cccc(Cl)c2)cc1. The van der Waals surface area contributed by atoms with Crippen LogP contribution in [0.2, 0.25) is 5.02 Å². The molecule has 0 aliphatic carbocycles. The molecule has 2 amide bonds. The Morgan fingerprint density at radius 3 is 2.27 bits per heavy atom. The van der Waals surface area contributed by atoms with Gasteiger partial charge in [0, 0.05) is 29.2 Å². The van der Waals surface area contributed by atoms with Crippen molar-refractivity contribution in [2.45, 2.75) is 39.0 Å². The van der Waals surface area contributed by atoms with E-state index in [0.29, 0.717) is 28.6 Å². The molecule has 2 N–H and O–H groups in total. The van der Waals surface area contributed by atoms with Gasteiger partial charge in [-0.3, -0.25) is 14.4 Å². The first-order valence-electron chi connectivity index (χ1n) is 10.7. The van der Waals surface area contributed by atoms with Crippen molar-refractivity contribution in [1.82, 2.24) is 0 Å². The average Bonchev–Trinajstić information content (AvgIpc) is 2.78. The highest BCUT2D eigenvalue weighted by atomic mass is 35.5. The van der Waals surface area contributed by atoms with E-state index in [1.165, 1.54) is 0 Å². The molecule has 8 nitrogen and oxygen atoms in total. The van der Waals surface area contributed by atoms with Gasteiger partial charge in [-0.15, -0.1) is 0 Å². The third-order valence-electron chi connectivity index (χ3n) is 4.39. The van der Waals surface area contributed by atoms with Crippen molar-refractivity contribution in [1.29, 1.82) is 0 Å². The number of carbonyl (C=O) groups is 4. The molecule has 0 radical (unpaired) electrons. The molecule has 0 saturated heterocycles. The molecule has 0 aliphatic heterocycles. The van der Waals surface area contributed by atoms with Crippen LogP contribution in [0.15, 0.2) is 48.5 Å². The highest BCUT2D eigenvalue weighted by Gasteiger charge is 2.11. The van der Waals surface area contributed by atoms with Gasteiger partial charge >= 0.3 is 11.9 Å². The zero-order valence-electron chi connectivity index (χ0n) is 18.4. The molecule has 2 rings (SSSR count). The smallest absolute Gasteiger partial charge is 0.338 e. The van der Waals surface area contributed by atoms with Gasteiger partial charge in [0.05, 0.1) is 12.2 Å². The molecule has 9 heteroatoms. The number of benzene rings is 2. The number of amides is 2. The summed E-state index contributed by atoms with van der Waals surface area (Å²) in [6.07, 6.45) is 2.12. The topological polar surface area (TPSA) is 111 Å². The van der Waals surface area contributed by atoms with Gasteiger partial charge in [-0.05, 0) is 55.3 Å². The third-order valence-corrected chi connectivity index (χ3v) is 4.63. The Labute approximate surface area is 197 Å². The fraction of sp³-hybridized carbons (Fsp3) is 0.333. The van der Waals surface area contributed by atoms with Gasteiger partial charge < -0.3 is 20.1 Å². The normalized spacial score (nSPS) is 10.2. The van der Waals surface area contributed by atoms with Gasteiger partial charge in [-0.1, -0.05) is 31.0 Å². The summed E-state index contributed by atoms with van der Waals surface area (Å²) in [5.74, 6) is -1.74. The lowest BCUT2D eigenvalue weighted by molar-refractivity contribution is -0.147. The quantitative estimate of drug-likeness (QED) is 0.344. The molecule has 33 heavy (non-hydrogen) atoms. The van der Waals surface area contributed by atoms with Gasteiger partial charge in [0.1, 0.15) is 0 Å². The van der Waals surface area contributed by atoms with Gasteiger partial charge in [-0.25, -0.2) is 4.79 Å². The van der Waals surface area contributed by atoms with Crippen LogP contribution >= 0.6 is 11.6 Å². The molecule has 0 atom stereocenters. The van der Waals surface area contributed by atoms with E-state index in [4.69, 9.17) is 21.1 Å². The Kier molecular flexibility index (Phi) is 10.9. The van der Waals surface area contributed by atoms with Crippen molar-refractivity contribution in [3.63, 3.8) is 0 Å². The zero-order chi connectivity index (χ0) is 24.1. The second-order valence-electron chi connectivity index (χ2n) is 7.19. The standard InChI is InChI=1S/C24H27ClN2O6/c1-2-3-14-32-24(31)17-10-12-19(13-11-17)26-21(28)8-5-9-23(30)33-16-22(29)27-20-7-4-6-18(25)15-20/h4,6-7,10-13,15H,2-3,5,8-9,14,16H2,1H3,(H,26,28)(H,27,29). The van der Waals surface area contributed by atoms with Crippen LogP contribution in [0.1, 0.15) is 49.4 Å². The maximum absolute atomic E-state index is 12.1. The maximum atomic E-state index is 12.1. The van der Waals surface area contributed by atoms with Crippen molar-refractivity contribution < 1.29 is 28.7 Å². The lowest BCUT2D eigenvalue weighted by Crippen LogP contribution is -2.21. The van der Waals surface area contributed by atoms with Crippen molar-refractivity contribution in [3.8, 4) is 0 Å². The van der Waals surface area contributed by atoms with E-state index >= 15 is 0 Å². The van der Waals surface area contributed by atoms with Crippen LogP contribution in [0.4, 0.5) is 11.4 Å². The second kappa shape index (κ2) is 13.9. The summed E-state index contributed by atoms with van der Waals surface area (Å²) >= 11 is 5.84. The summed E-state index contributed by atoms with van der Waals surface area (Å²) in [5, 5.41) is 5.74. The Hall–Kier alpha value is -3.39. The number of esters is 2. The van der Waals surface area contributed by atoms with Gasteiger partial charge in [0.15, 0.2) is 6.61 Å².